The van der Waals surface area contributed by atoms with Crippen molar-refractivity contribution in [2.24, 2.45) is 0 Å². The third-order valence-electron chi connectivity index (χ3n) is 2.62. The van der Waals surface area contributed by atoms with Gasteiger partial charge in [0.05, 0.1) is 12.9 Å². The summed E-state index contributed by atoms with van der Waals surface area (Å²) in [7, 11) is 1.33. The highest BCUT2D eigenvalue weighted by Crippen LogP contribution is 2.12. The third kappa shape index (κ3) is 11.7. The summed E-state index contributed by atoms with van der Waals surface area (Å²) in [6, 6.07) is 0. The first kappa shape index (κ1) is 17.2. The van der Waals surface area contributed by atoms with Crippen LogP contribution in [0.1, 0.15) is 51.4 Å². The average molecular weight is 272 g/mol. The quantitative estimate of drug-likeness (QED) is 0.326. The number of allylic oxidation sites excluding steroid dienone is 1. The minimum absolute atomic E-state index is 0.0899. The molecular formula is C14H24O3S. The van der Waals surface area contributed by atoms with Crippen molar-refractivity contribution in [2.75, 3.05) is 12.9 Å². The van der Waals surface area contributed by atoms with Gasteiger partial charge in [0.25, 0.3) is 0 Å². The average Bonchev–Trinajstić information content (AvgIpc) is 2.39. The Hall–Kier alpha value is -0.770. The van der Waals surface area contributed by atoms with E-state index in [9.17, 15) is 9.59 Å². The first-order chi connectivity index (χ1) is 8.70. The zero-order chi connectivity index (χ0) is 13.6. The minimum atomic E-state index is -0.337. The van der Waals surface area contributed by atoms with Crippen molar-refractivity contribution >= 4 is 22.8 Å². The topological polar surface area (TPSA) is 43.4 Å². The van der Waals surface area contributed by atoms with E-state index in [-0.39, 0.29) is 16.8 Å². The number of unbranched alkanes of at least 4 members (excludes halogenated alkanes) is 6. The van der Waals surface area contributed by atoms with E-state index in [2.05, 4.69) is 11.3 Å². The number of hydrogen-bond acceptors (Lipinski definition) is 4. The Morgan fingerprint density at radius 1 is 1.11 bits per heavy atom. The van der Waals surface area contributed by atoms with Gasteiger partial charge in [0.2, 0.25) is 0 Å². The molecule has 0 atom stereocenters. The number of methoxy groups -OCH3 is 1. The van der Waals surface area contributed by atoms with Crippen LogP contribution in [0.3, 0.4) is 0 Å². The number of hydrogen-bond donors (Lipinski definition) is 0. The van der Waals surface area contributed by atoms with Gasteiger partial charge in [-0.3, -0.25) is 9.59 Å². The normalized spacial score (nSPS) is 10.1. The van der Waals surface area contributed by atoms with E-state index in [1.54, 1.807) is 0 Å². The molecule has 0 bridgehead atoms. The number of carbonyl (C=O) groups excluding carboxylic acids is 2. The van der Waals surface area contributed by atoms with Gasteiger partial charge in [0.1, 0.15) is 0 Å². The Bertz CT molecular complexity index is 251. The maximum absolute atomic E-state index is 11.4. The molecule has 0 spiro atoms. The van der Waals surface area contributed by atoms with E-state index in [4.69, 9.17) is 0 Å². The fourth-order valence-corrected chi connectivity index (χ4v) is 2.22. The molecule has 0 N–H and O–H groups in total. The molecular weight excluding hydrogens is 248 g/mol. The lowest BCUT2D eigenvalue weighted by Gasteiger charge is -2.01. The van der Waals surface area contributed by atoms with E-state index in [1.807, 2.05) is 6.08 Å². The standard InChI is InChI=1S/C14H24O3S/c1-3-4-5-6-7-8-9-10-11-14(16)18-12-13(15)17-2/h3H,1,4-12H2,2H3. The molecule has 0 saturated carbocycles. The number of ether oxygens (including phenoxy) is 1. The molecule has 0 aliphatic heterocycles. The Morgan fingerprint density at radius 2 is 1.72 bits per heavy atom. The number of carbonyl (C=O) groups is 2. The Labute approximate surface area is 114 Å². The minimum Gasteiger partial charge on any atom is -0.468 e. The largest absolute Gasteiger partial charge is 0.468 e. The van der Waals surface area contributed by atoms with Crippen molar-refractivity contribution < 1.29 is 14.3 Å². The van der Waals surface area contributed by atoms with Gasteiger partial charge in [-0.1, -0.05) is 43.5 Å². The molecule has 0 rings (SSSR count). The maximum atomic E-state index is 11.4. The van der Waals surface area contributed by atoms with Crippen molar-refractivity contribution in [3.63, 3.8) is 0 Å². The lowest BCUT2D eigenvalue weighted by atomic mass is 10.1. The monoisotopic (exact) mass is 272 g/mol. The van der Waals surface area contributed by atoms with E-state index >= 15 is 0 Å². The summed E-state index contributed by atoms with van der Waals surface area (Å²) in [4.78, 5) is 22.2. The fraction of sp³-hybridized carbons (Fsp3) is 0.714. The molecule has 0 fully saturated rings. The van der Waals surface area contributed by atoms with E-state index in [1.165, 1.54) is 32.8 Å². The molecule has 0 aromatic carbocycles. The predicted octanol–water partition coefficient (Wildman–Crippen LogP) is 3.73. The fourth-order valence-electron chi connectivity index (χ4n) is 1.54. The van der Waals surface area contributed by atoms with Crippen LogP contribution in [0.15, 0.2) is 12.7 Å². The molecule has 0 heterocycles. The second kappa shape index (κ2) is 12.7. The molecule has 0 aliphatic rings. The predicted molar refractivity (Wildman–Crippen MR) is 76.6 cm³/mol. The highest BCUT2D eigenvalue weighted by Gasteiger charge is 2.06. The van der Waals surface area contributed by atoms with Gasteiger partial charge in [0, 0.05) is 6.42 Å². The van der Waals surface area contributed by atoms with Crippen molar-refractivity contribution in [2.45, 2.75) is 51.4 Å². The molecule has 0 radical (unpaired) electrons. The first-order valence-corrected chi connectivity index (χ1v) is 7.52. The van der Waals surface area contributed by atoms with Crippen LogP contribution in [0.2, 0.25) is 0 Å². The summed E-state index contributed by atoms with van der Waals surface area (Å²) < 4.78 is 4.47. The molecule has 3 nitrogen and oxygen atoms in total. The number of esters is 1. The summed E-state index contributed by atoms with van der Waals surface area (Å²) in [5.74, 6) is -0.202. The van der Waals surface area contributed by atoms with Gasteiger partial charge >= 0.3 is 5.97 Å². The molecule has 104 valence electrons. The van der Waals surface area contributed by atoms with Crippen molar-refractivity contribution in [3.8, 4) is 0 Å². The lowest BCUT2D eigenvalue weighted by Crippen LogP contribution is -2.06. The maximum Gasteiger partial charge on any atom is 0.316 e. The van der Waals surface area contributed by atoms with Crippen LogP contribution < -0.4 is 0 Å². The van der Waals surface area contributed by atoms with Crippen LogP contribution in [-0.2, 0) is 14.3 Å². The van der Waals surface area contributed by atoms with Gasteiger partial charge in [-0.25, -0.2) is 0 Å². The second-order valence-electron chi connectivity index (χ2n) is 4.19. The molecule has 0 aromatic heterocycles. The Kier molecular flexibility index (Phi) is 12.1. The highest BCUT2D eigenvalue weighted by atomic mass is 32.2. The van der Waals surface area contributed by atoms with Gasteiger partial charge in [-0.15, -0.1) is 6.58 Å². The van der Waals surface area contributed by atoms with Crippen LogP contribution in [0.4, 0.5) is 0 Å². The van der Waals surface area contributed by atoms with E-state index in [0.717, 1.165) is 31.0 Å². The molecule has 0 amide bonds. The molecule has 0 unspecified atom stereocenters. The van der Waals surface area contributed by atoms with Gasteiger partial charge in [-0.2, -0.15) is 0 Å². The number of thioether (sulfide) groups is 1. The summed E-state index contributed by atoms with van der Waals surface area (Å²) in [5, 5.41) is 0.0899. The van der Waals surface area contributed by atoms with Gasteiger partial charge in [0.15, 0.2) is 5.12 Å². The smallest absolute Gasteiger partial charge is 0.316 e. The van der Waals surface area contributed by atoms with Crippen LogP contribution in [0.5, 0.6) is 0 Å². The zero-order valence-corrected chi connectivity index (χ0v) is 12.1. The van der Waals surface area contributed by atoms with Gasteiger partial charge < -0.3 is 4.74 Å². The molecule has 0 aromatic rings. The van der Waals surface area contributed by atoms with E-state index < -0.39 is 0 Å². The second-order valence-corrected chi connectivity index (χ2v) is 5.22. The summed E-state index contributed by atoms with van der Waals surface area (Å²) in [6.45, 7) is 3.69. The van der Waals surface area contributed by atoms with E-state index in [0.29, 0.717) is 6.42 Å². The van der Waals surface area contributed by atoms with Crippen LogP contribution >= 0.6 is 11.8 Å². The molecule has 4 heteroatoms. The SMILES string of the molecule is C=CCCCCCCCCC(=O)SCC(=O)OC. The molecule has 0 aliphatic carbocycles. The van der Waals surface area contributed by atoms with Crippen molar-refractivity contribution in [1.29, 1.82) is 0 Å². The summed E-state index contributed by atoms with van der Waals surface area (Å²) in [6.07, 6.45) is 10.5. The first-order valence-electron chi connectivity index (χ1n) is 6.54. The van der Waals surface area contributed by atoms with Crippen molar-refractivity contribution in [3.05, 3.63) is 12.7 Å². The molecule has 18 heavy (non-hydrogen) atoms. The summed E-state index contributed by atoms with van der Waals surface area (Å²) in [5.41, 5.74) is 0. The van der Waals surface area contributed by atoms with Crippen LogP contribution in [-0.4, -0.2) is 23.9 Å². The van der Waals surface area contributed by atoms with Crippen LogP contribution in [0, 0.1) is 0 Å². The van der Waals surface area contributed by atoms with Gasteiger partial charge in [-0.05, 0) is 19.3 Å². The lowest BCUT2D eigenvalue weighted by molar-refractivity contribution is -0.137. The summed E-state index contributed by atoms with van der Waals surface area (Å²) >= 11 is 1.06. The zero-order valence-electron chi connectivity index (χ0n) is 11.3. The number of rotatable bonds is 11. The Balaban J connectivity index is 3.25. The Morgan fingerprint density at radius 3 is 2.33 bits per heavy atom. The molecule has 0 saturated heterocycles. The third-order valence-corrected chi connectivity index (χ3v) is 3.52. The highest BCUT2D eigenvalue weighted by molar-refractivity contribution is 8.14. The van der Waals surface area contributed by atoms with Crippen molar-refractivity contribution in [1.82, 2.24) is 0 Å². The van der Waals surface area contributed by atoms with Crippen LogP contribution in [0.25, 0.3) is 0 Å².